The van der Waals surface area contributed by atoms with E-state index < -0.39 is 25.0 Å². The van der Waals surface area contributed by atoms with Crippen molar-refractivity contribution >= 4 is 30.9 Å². The molecule has 1 rings (SSSR count). The second-order valence-electron chi connectivity index (χ2n) is 16.3. The Hall–Kier alpha value is -0.679. The van der Waals surface area contributed by atoms with Crippen LogP contribution in [0.25, 0.3) is 0 Å². The van der Waals surface area contributed by atoms with Crippen molar-refractivity contribution in [3.05, 3.63) is 23.5 Å². The second kappa shape index (κ2) is 18.8. The van der Waals surface area contributed by atoms with Crippen LogP contribution < -0.4 is 0 Å². The molecule has 0 N–H and O–H groups in total. The molecule has 0 saturated heterocycles. The molecule has 0 amide bonds. The van der Waals surface area contributed by atoms with E-state index in [0.29, 0.717) is 6.42 Å². The van der Waals surface area contributed by atoms with Crippen LogP contribution in [0.3, 0.4) is 0 Å². The number of rotatable bonds is 22. The number of methoxy groups -OCH3 is 1. The third kappa shape index (κ3) is 14.1. The van der Waals surface area contributed by atoms with E-state index in [0.717, 1.165) is 69.5 Å². The van der Waals surface area contributed by atoms with E-state index in [9.17, 15) is 4.79 Å². The van der Waals surface area contributed by atoms with Gasteiger partial charge in [0.2, 0.25) is 8.32 Å². The molecule has 0 aromatic rings. The molecule has 0 aromatic heterocycles. The van der Waals surface area contributed by atoms with Gasteiger partial charge in [-0.3, -0.25) is 4.79 Å². The van der Waals surface area contributed by atoms with E-state index in [2.05, 4.69) is 100 Å². The SMILES string of the molecule is CCCCC(C)(C/C=C/C1C(CCCCCCC(=O)OC)=C(O[Si](C)(C)C(C)(C)C)CC1O[Si](CC)(CC)CC)O[Si](C)(C)C. The zero-order valence-electron chi connectivity index (χ0n) is 32.3. The van der Waals surface area contributed by atoms with Gasteiger partial charge in [-0.25, -0.2) is 0 Å². The molecule has 3 unspecified atom stereocenters. The van der Waals surface area contributed by atoms with Crippen molar-refractivity contribution in [2.45, 2.75) is 194 Å². The Morgan fingerprint density at radius 2 is 1.49 bits per heavy atom. The zero-order chi connectivity index (χ0) is 34.5. The Morgan fingerprint density at radius 1 is 0.889 bits per heavy atom. The highest BCUT2D eigenvalue weighted by Gasteiger charge is 2.45. The van der Waals surface area contributed by atoms with E-state index in [-0.39, 0.29) is 28.6 Å². The molecule has 0 bridgehead atoms. The molecule has 1 aliphatic carbocycles. The average Bonchev–Trinajstić information content (AvgIpc) is 3.24. The zero-order valence-corrected chi connectivity index (χ0v) is 35.3. The lowest BCUT2D eigenvalue weighted by atomic mass is 9.91. The third-order valence-electron chi connectivity index (χ3n) is 10.4. The lowest BCUT2D eigenvalue weighted by Gasteiger charge is -2.37. The predicted molar refractivity (Wildman–Crippen MR) is 201 cm³/mol. The summed E-state index contributed by atoms with van der Waals surface area (Å²) < 4.78 is 26.2. The summed E-state index contributed by atoms with van der Waals surface area (Å²) in [6.45, 7) is 30.3. The molecule has 0 heterocycles. The minimum atomic E-state index is -2.03. The van der Waals surface area contributed by atoms with Crippen LogP contribution in [-0.2, 0) is 22.8 Å². The fourth-order valence-electron chi connectivity index (χ4n) is 6.39. The summed E-state index contributed by atoms with van der Waals surface area (Å²) >= 11 is 0. The minimum absolute atomic E-state index is 0.108. The molecule has 0 spiro atoms. The van der Waals surface area contributed by atoms with Gasteiger partial charge in [0.05, 0.1) is 24.6 Å². The predicted octanol–water partition coefficient (Wildman–Crippen LogP) is 11.9. The molecule has 0 fully saturated rings. The lowest BCUT2D eigenvalue weighted by molar-refractivity contribution is -0.140. The molecule has 0 aliphatic heterocycles. The topological polar surface area (TPSA) is 54.0 Å². The van der Waals surface area contributed by atoms with Gasteiger partial charge < -0.3 is 18.0 Å². The summed E-state index contributed by atoms with van der Waals surface area (Å²) in [6.07, 6.45) is 16.0. The number of carbonyl (C=O) groups excluding carboxylic acids is 1. The van der Waals surface area contributed by atoms with E-state index >= 15 is 0 Å². The van der Waals surface area contributed by atoms with Gasteiger partial charge in [0.15, 0.2) is 16.6 Å². The number of esters is 1. The first-order valence-corrected chi connectivity index (χ1v) is 27.2. The summed E-state index contributed by atoms with van der Waals surface area (Å²) in [5, 5.41) is 0.132. The lowest BCUT2D eigenvalue weighted by Crippen LogP contribution is -2.42. The van der Waals surface area contributed by atoms with Crippen LogP contribution in [0.4, 0.5) is 0 Å². The molecule has 8 heteroatoms. The van der Waals surface area contributed by atoms with Crippen molar-refractivity contribution in [1.29, 1.82) is 0 Å². The summed E-state index contributed by atoms with van der Waals surface area (Å²) in [5.74, 6) is 1.34. The van der Waals surface area contributed by atoms with E-state index in [1.165, 1.54) is 31.3 Å². The molecule has 0 radical (unpaired) electrons. The van der Waals surface area contributed by atoms with E-state index in [4.69, 9.17) is 18.0 Å². The second-order valence-corrected chi connectivity index (χ2v) is 30.2. The van der Waals surface area contributed by atoms with Gasteiger partial charge in [0, 0.05) is 18.8 Å². The van der Waals surface area contributed by atoms with Crippen molar-refractivity contribution in [3.63, 3.8) is 0 Å². The Labute approximate surface area is 283 Å². The first-order chi connectivity index (χ1) is 20.8. The first-order valence-electron chi connectivity index (χ1n) is 18.3. The molecule has 264 valence electrons. The Morgan fingerprint density at radius 3 is 2.00 bits per heavy atom. The minimum Gasteiger partial charge on any atom is -0.546 e. The average molecular weight is 683 g/mol. The maximum atomic E-state index is 11.6. The summed E-state index contributed by atoms with van der Waals surface area (Å²) in [7, 11) is -4.09. The summed E-state index contributed by atoms with van der Waals surface area (Å²) in [5.41, 5.74) is 1.33. The number of hydrogen-bond donors (Lipinski definition) is 0. The van der Waals surface area contributed by atoms with Gasteiger partial charge in [0.25, 0.3) is 0 Å². The Bertz CT molecular complexity index is 934. The molecule has 0 aromatic carbocycles. The highest BCUT2D eigenvalue weighted by atomic mass is 28.4. The van der Waals surface area contributed by atoms with Gasteiger partial charge in [-0.05, 0) is 101 Å². The van der Waals surface area contributed by atoms with Gasteiger partial charge in [-0.2, -0.15) is 0 Å². The maximum absolute atomic E-state index is 11.6. The van der Waals surface area contributed by atoms with Crippen molar-refractivity contribution in [2.24, 2.45) is 5.92 Å². The molecule has 5 nitrogen and oxygen atoms in total. The van der Waals surface area contributed by atoms with Crippen LogP contribution in [0, 0.1) is 5.92 Å². The van der Waals surface area contributed by atoms with Crippen LogP contribution in [0.2, 0.25) is 55.9 Å². The largest absolute Gasteiger partial charge is 0.546 e. The van der Waals surface area contributed by atoms with E-state index in [1.807, 2.05) is 0 Å². The number of carbonyl (C=O) groups is 1. The Balaban J connectivity index is 3.48. The van der Waals surface area contributed by atoms with Crippen molar-refractivity contribution < 1.29 is 22.8 Å². The number of unbranched alkanes of at least 4 members (excludes halogenated alkanes) is 4. The molecular formula is C37H74O5Si3. The molecular weight excluding hydrogens is 609 g/mol. The maximum Gasteiger partial charge on any atom is 0.305 e. The smallest absolute Gasteiger partial charge is 0.305 e. The van der Waals surface area contributed by atoms with Crippen LogP contribution in [0.15, 0.2) is 23.5 Å². The standard InChI is InChI=1S/C37H74O5Si3/c1-15-19-28-37(8,42-43(10,11)12)29-24-26-32-31(25-22-20-21-23-27-35(38)39-9)33(40-44(13,14)36(5,6)7)30-34(32)41-45(16-2,17-3)18-4/h24,26,32,34H,15-23,25,27-30H2,1-14H3/b26-24+. The van der Waals surface area contributed by atoms with Crippen LogP contribution in [-0.4, -0.2) is 49.7 Å². The van der Waals surface area contributed by atoms with Gasteiger partial charge >= 0.3 is 5.97 Å². The van der Waals surface area contributed by atoms with Crippen molar-refractivity contribution in [3.8, 4) is 0 Å². The molecule has 1 aliphatic rings. The normalized spacial score (nSPS) is 19.8. The fraction of sp³-hybridized carbons (Fsp3) is 0.865. The molecule has 3 atom stereocenters. The van der Waals surface area contributed by atoms with Crippen molar-refractivity contribution in [1.82, 2.24) is 0 Å². The number of hydrogen-bond acceptors (Lipinski definition) is 5. The van der Waals surface area contributed by atoms with Crippen LogP contribution >= 0.6 is 0 Å². The highest BCUT2D eigenvalue weighted by Crippen LogP contribution is 2.46. The molecule has 0 saturated carbocycles. The summed E-state index contributed by atoms with van der Waals surface area (Å²) in [4.78, 5) is 11.6. The van der Waals surface area contributed by atoms with Crippen LogP contribution in [0.1, 0.15) is 126 Å². The van der Waals surface area contributed by atoms with Crippen LogP contribution in [0.5, 0.6) is 0 Å². The quantitative estimate of drug-likeness (QED) is 0.0492. The van der Waals surface area contributed by atoms with Gasteiger partial charge in [-0.15, -0.1) is 0 Å². The monoisotopic (exact) mass is 682 g/mol. The van der Waals surface area contributed by atoms with Crippen molar-refractivity contribution in [2.75, 3.05) is 7.11 Å². The van der Waals surface area contributed by atoms with Gasteiger partial charge in [-0.1, -0.05) is 86.3 Å². The Kier molecular flexibility index (Phi) is 17.6. The third-order valence-corrected chi connectivity index (χ3v) is 20.5. The van der Waals surface area contributed by atoms with E-state index in [1.54, 1.807) is 0 Å². The molecule has 45 heavy (non-hydrogen) atoms. The highest BCUT2D eigenvalue weighted by molar-refractivity contribution is 6.74. The number of ether oxygens (including phenoxy) is 1. The first kappa shape index (κ1) is 42.3. The van der Waals surface area contributed by atoms with Gasteiger partial charge in [0.1, 0.15) is 0 Å². The summed E-state index contributed by atoms with van der Waals surface area (Å²) in [6, 6.07) is 3.46. The fourth-order valence-corrected chi connectivity index (χ4v) is 12.1.